The lowest BCUT2D eigenvalue weighted by Crippen LogP contribution is -2.36. The van der Waals surface area contributed by atoms with Crippen molar-refractivity contribution in [2.45, 2.75) is 13.1 Å². The van der Waals surface area contributed by atoms with Crippen molar-refractivity contribution in [3.63, 3.8) is 0 Å². The molecule has 7 nitrogen and oxygen atoms in total. The number of benzene rings is 1. The Morgan fingerprint density at radius 2 is 2.04 bits per heavy atom. The number of rotatable bonds is 5. The maximum absolute atomic E-state index is 12.2. The summed E-state index contributed by atoms with van der Waals surface area (Å²) in [7, 11) is 3.31. The van der Waals surface area contributed by atoms with Crippen LogP contribution in [-0.2, 0) is 13.1 Å². The molecule has 0 saturated heterocycles. The third-order valence-corrected chi connectivity index (χ3v) is 3.65. The van der Waals surface area contributed by atoms with E-state index in [1.54, 1.807) is 31.3 Å². The Morgan fingerprint density at radius 3 is 2.79 bits per heavy atom. The molecule has 0 unspecified atom stereocenters. The number of amides is 2. The standard InChI is InChI=1S/C17H19N3O4/c1-20(10-12-3-5-14-15(7-12)24-11-23-14)17(21)19-9-13-4-6-16(22-2)18-8-13/h3-8H,9-11H2,1-2H3,(H,19,21). The number of carbonyl (C=O) groups is 1. The molecule has 0 atom stereocenters. The van der Waals surface area contributed by atoms with Crippen molar-refractivity contribution < 1.29 is 19.0 Å². The van der Waals surface area contributed by atoms with Crippen LogP contribution in [0.1, 0.15) is 11.1 Å². The summed E-state index contributed by atoms with van der Waals surface area (Å²) in [6.07, 6.45) is 1.68. The Hall–Kier alpha value is -2.96. The van der Waals surface area contributed by atoms with E-state index in [2.05, 4.69) is 10.3 Å². The Bertz CT molecular complexity index is 718. The van der Waals surface area contributed by atoms with E-state index in [9.17, 15) is 4.79 Å². The van der Waals surface area contributed by atoms with Gasteiger partial charge in [0.25, 0.3) is 0 Å². The van der Waals surface area contributed by atoms with Crippen molar-refractivity contribution in [1.29, 1.82) is 0 Å². The zero-order valence-corrected chi connectivity index (χ0v) is 13.6. The molecule has 126 valence electrons. The number of methoxy groups -OCH3 is 1. The first-order valence-corrected chi connectivity index (χ1v) is 7.52. The van der Waals surface area contributed by atoms with Crippen molar-refractivity contribution in [2.24, 2.45) is 0 Å². The third-order valence-electron chi connectivity index (χ3n) is 3.65. The number of nitrogens with one attached hydrogen (secondary N) is 1. The van der Waals surface area contributed by atoms with Crippen molar-refractivity contribution in [1.82, 2.24) is 15.2 Å². The lowest BCUT2D eigenvalue weighted by Gasteiger charge is -2.18. The summed E-state index contributed by atoms with van der Waals surface area (Å²) in [6, 6.07) is 9.13. The van der Waals surface area contributed by atoms with E-state index in [0.717, 1.165) is 16.9 Å². The predicted octanol–water partition coefficient (Wildman–Crippen LogP) is 2.16. The van der Waals surface area contributed by atoms with Gasteiger partial charge in [-0.25, -0.2) is 9.78 Å². The molecule has 1 aliphatic heterocycles. The smallest absolute Gasteiger partial charge is 0.317 e. The summed E-state index contributed by atoms with van der Waals surface area (Å²) in [5, 5.41) is 2.86. The Kier molecular flexibility index (Phi) is 4.69. The van der Waals surface area contributed by atoms with Gasteiger partial charge in [-0.05, 0) is 23.3 Å². The summed E-state index contributed by atoms with van der Waals surface area (Å²) in [6.45, 7) is 1.12. The number of hydrogen-bond donors (Lipinski definition) is 1. The van der Waals surface area contributed by atoms with E-state index in [-0.39, 0.29) is 12.8 Å². The van der Waals surface area contributed by atoms with Gasteiger partial charge in [-0.1, -0.05) is 12.1 Å². The molecule has 0 radical (unpaired) electrons. The minimum absolute atomic E-state index is 0.163. The van der Waals surface area contributed by atoms with Crippen molar-refractivity contribution in [3.8, 4) is 17.4 Å². The Balaban J connectivity index is 1.52. The maximum atomic E-state index is 12.2. The van der Waals surface area contributed by atoms with E-state index < -0.39 is 0 Å². The lowest BCUT2D eigenvalue weighted by molar-refractivity contribution is 0.174. The van der Waals surface area contributed by atoms with Gasteiger partial charge >= 0.3 is 6.03 Å². The second-order valence-electron chi connectivity index (χ2n) is 5.41. The first-order valence-electron chi connectivity index (χ1n) is 7.52. The van der Waals surface area contributed by atoms with Crippen molar-refractivity contribution in [2.75, 3.05) is 21.0 Å². The fourth-order valence-electron chi connectivity index (χ4n) is 2.33. The fourth-order valence-corrected chi connectivity index (χ4v) is 2.33. The van der Waals surface area contributed by atoms with Crippen LogP contribution in [-0.4, -0.2) is 36.9 Å². The van der Waals surface area contributed by atoms with Crippen LogP contribution >= 0.6 is 0 Å². The molecule has 2 amide bonds. The minimum atomic E-state index is -0.163. The molecule has 1 aliphatic rings. The molecule has 1 aromatic heterocycles. The van der Waals surface area contributed by atoms with Gasteiger partial charge in [0.2, 0.25) is 12.7 Å². The second kappa shape index (κ2) is 7.08. The zero-order chi connectivity index (χ0) is 16.9. The number of fused-ring (bicyclic) bond motifs is 1. The molecule has 1 aromatic carbocycles. The SMILES string of the molecule is COc1ccc(CNC(=O)N(C)Cc2ccc3c(c2)OCO3)cn1. The number of carbonyl (C=O) groups excluding carboxylic acids is 1. The van der Waals surface area contributed by atoms with Crippen LogP contribution in [0.5, 0.6) is 17.4 Å². The molecule has 2 heterocycles. The molecule has 0 saturated carbocycles. The van der Waals surface area contributed by atoms with Crippen LogP contribution in [0.2, 0.25) is 0 Å². The van der Waals surface area contributed by atoms with Crippen LogP contribution in [0.25, 0.3) is 0 Å². The first kappa shape index (κ1) is 15.9. The van der Waals surface area contributed by atoms with Gasteiger partial charge < -0.3 is 24.4 Å². The molecule has 0 aliphatic carbocycles. The summed E-state index contributed by atoms with van der Waals surface area (Å²) in [5.41, 5.74) is 1.88. The van der Waals surface area contributed by atoms with Crippen molar-refractivity contribution in [3.05, 3.63) is 47.7 Å². The van der Waals surface area contributed by atoms with Crippen LogP contribution in [0.15, 0.2) is 36.5 Å². The predicted molar refractivity (Wildman–Crippen MR) is 87.1 cm³/mol. The molecular weight excluding hydrogens is 310 g/mol. The number of ether oxygens (including phenoxy) is 3. The van der Waals surface area contributed by atoms with E-state index in [0.29, 0.717) is 24.7 Å². The highest BCUT2D eigenvalue weighted by Crippen LogP contribution is 2.32. The van der Waals surface area contributed by atoms with Gasteiger partial charge in [-0.15, -0.1) is 0 Å². The molecular formula is C17H19N3O4. The van der Waals surface area contributed by atoms with E-state index in [1.807, 2.05) is 24.3 Å². The van der Waals surface area contributed by atoms with Crippen LogP contribution in [0.4, 0.5) is 4.79 Å². The van der Waals surface area contributed by atoms with Crippen LogP contribution < -0.4 is 19.5 Å². The Labute approximate surface area is 140 Å². The molecule has 24 heavy (non-hydrogen) atoms. The van der Waals surface area contributed by atoms with Gasteiger partial charge in [0.05, 0.1) is 7.11 Å². The molecule has 0 fully saturated rings. The quantitative estimate of drug-likeness (QED) is 0.910. The Morgan fingerprint density at radius 1 is 1.25 bits per heavy atom. The summed E-state index contributed by atoms with van der Waals surface area (Å²) < 4.78 is 15.6. The lowest BCUT2D eigenvalue weighted by atomic mass is 10.2. The second-order valence-corrected chi connectivity index (χ2v) is 5.41. The fraction of sp³-hybridized carbons (Fsp3) is 0.294. The van der Waals surface area contributed by atoms with Crippen molar-refractivity contribution >= 4 is 6.03 Å². The van der Waals surface area contributed by atoms with Gasteiger partial charge in [-0.2, -0.15) is 0 Å². The van der Waals surface area contributed by atoms with Gasteiger partial charge in [0.15, 0.2) is 11.5 Å². The van der Waals surface area contributed by atoms with Crippen LogP contribution in [0.3, 0.4) is 0 Å². The monoisotopic (exact) mass is 329 g/mol. The highest BCUT2D eigenvalue weighted by molar-refractivity contribution is 5.73. The topological polar surface area (TPSA) is 72.9 Å². The third kappa shape index (κ3) is 3.68. The van der Waals surface area contributed by atoms with Gasteiger partial charge in [0, 0.05) is 32.4 Å². The minimum Gasteiger partial charge on any atom is -0.481 e. The summed E-state index contributed by atoms with van der Waals surface area (Å²) in [4.78, 5) is 17.9. The number of pyridine rings is 1. The largest absolute Gasteiger partial charge is 0.481 e. The van der Waals surface area contributed by atoms with E-state index in [4.69, 9.17) is 14.2 Å². The molecule has 0 bridgehead atoms. The first-order chi connectivity index (χ1) is 11.7. The number of nitrogens with zero attached hydrogens (tertiary/aromatic N) is 2. The zero-order valence-electron chi connectivity index (χ0n) is 13.6. The number of urea groups is 1. The molecule has 2 aromatic rings. The normalized spacial score (nSPS) is 11.9. The van der Waals surface area contributed by atoms with E-state index >= 15 is 0 Å². The molecule has 7 heteroatoms. The number of aromatic nitrogens is 1. The molecule has 1 N–H and O–H groups in total. The van der Waals surface area contributed by atoms with E-state index in [1.165, 1.54) is 0 Å². The van der Waals surface area contributed by atoms with Gasteiger partial charge in [-0.3, -0.25) is 0 Å². The molecule has 3 rings (SSSR count). The summed E-state index contributed by atoms with van der Waals surface area (Å²) in [5.74, 6) is 1.99. The van der Waals surface area contributed by atoms with Gasteiger partial charge in [0.1, 0.15) is 0 Å². The highest BCUT2D eigenvalue weighted by atomic mass is 16.7. The maximum Gasteiger partial charge on any atom is 0.317 e. The number of hydrogen-bond acceptors (Lipinski definition) is 5. The van der Waals surface area contributed by atoms with Crippen LogP contribution in [0, 0.1) is 0 Å². The average Bonchev–Trinajstić information content (AvgIpc) is 3.07. The molecule has 0 spiro atoms. The summed E-state index contributed by atoms with van der Waals surface area (Å²) >= 11 is 0. The highest BCUT2D eigenvalue weighted by Gasteiger charge is 2.15. The average molecular weight is 329 g/mol.